The quantitative estimate of drug-likeness (QED) is 0.826. The Morgan fingerprint density at radius 1 is 1.63 bits per heavy atom. The number of nitrogens with one attached hydrogen (secondary N) is 2. The van der Waals surface area contributed by atoms with Crippen LogP contribution in [0.1, 0.15) is 26.7 Å². The van der Waals surface area contributed by atoms with Crippen molar-refractivity contribution in [1.82, 2.24) is 19.9 Å². The van der Waals surface area contributed by atoms with Crippen LogP contribution in [0.3, 0.4) is 0 Å². The second-order valence-electron chi connectivity index (χ2n) is 4.60. The van der Waals surface area contributed by atoms with Crippen LogP contribution in [-0.4, -0.2) is 26.5 Å². The molecule has 2 N–H and O–H groups in total. The maximum Gasteiger partial charge on any atom is 0.222 e. The Morgan fingerprint density at radius 2 is 2.42 bits per heavy atom. The van der Waals surface area contributed by atoms with Crippen molar-refractivity contribution in [2.75, 3.05) is 0 Å². The molecule has 2 aromatic heterocycles. The lowest BCUT2D eigenvalue weighted by Gasteiger charge is -2.11. The number of fused-ring (bicyclic) bond motifs is 1. The van der Waals surface area contributed by atoms with Crippen LogP contribution in [0.2, 0.25) is 0 Å². The molecule has 2 rings (SSSR count). The van der Waals surface area contributed by atoms with Crippen molar-refractivity contribution in [2.45, 2.75) is 39.3 Å². The van der Waals surface area contributed by atoms with E-state index in [1.807, 2.05) is 24.5 Å². The standard InChI is InChI=1S/C13H18N4OS/c1-3-9(2)15-12(18)5-7-17-11-4-6-14-8-10(11)16-13(17)19/h4,6,8-9H,3,5,7H2,1-2H3,(H,15,18)(H,16,19). The average Bonchev–Trinajstić information content (AvgIpc) is 2.71. The third-order valence-corrected chi connectivity index (χ3v) is 3.48. The van der Waals surface area contributed by atoms with E-state index in [4.69, 9.17) is 12.2 Å². The van der Waals surface area contributed by atoms with Gasteiger partial charge in [0.25, 0.3) is 0 Å². The number of pyridine rings is 1. The minimum Gasteiger partial charge on any atom is -0.354 e. The van der Waals surface area contributed by atoms with Crippen molar-refractivity contribution in [3.8, 4) is 0 Å². The number of imidazole rings is 1. The predicted molar refractivity (Wildman–Crippen MR) is 77.4 cm³/mol. The van der Waals surface area contributed by atoms with Crippen molar-refractivity contribution >= 4 is 29.2 Å². The number of hydrogen-bond donors (Lipinski definition) is 2. The van der Waals surface area contributed by atoms with E-state index in [2.05, 4.69) is 15.3 Å². The molecule has 1 unspecified atom stereocenters. The van der Waals surface area contributed by atoms with Crippen molar-refractivity contribution < 1.29 is 4.79 Å². The zero-order chi connectivity index (χ0) is 13.8. The monoisotopic (exact) mass is 278 g/mol. The summed E-state index contributed by atoms with van der Waals surface area (Å²) in [5.41, 5.74) is 1.88. The molecule has 0 saturated heterocycles. The minimum absolute atomic E-state index is 0.0552. The number of amides is 1. The second kappa shape index (κ2) is 5.97. The number of aromatic nitrogens is 3. The highest BCUT2D eigenvalue weighted by Crippen LogP contribution is 2.12. The van der Waals surface area contributed by atoms with Gasteiger partial charge in [-0.05, 0) is 31.6 Å². The predicted octanol–water partition coefficient (Wildman–Crippen LogP) is 2.40. The Bertz CT molecular complexity index is 631. The first-order chi connectivity index (χ1) is 9.11. The molecular formula is C13H18N4OS. The molecule has 0 aliphatic heterocycles. The molecule has 0 aliphatic rings. The molecule has 0 saturated carbocycles. The lowest BCUT2D eigenvalue weighted by atomic mass is 10.2. The molecule has 102 valence electrons. The molecule has 0 radical (unpaired) electrons. The summed E-state index contributed by atoms with van der Waals surface area (Å²) in [6.45, 7) is 4.62. The van der Waals surface area contributed by atoms with Crippen LogP contribution in [0.25, 0.3) is 11.0 Å². The smallest absolute Gasteiger partial charge is 0.222 e. The third-order valence-electron chi connectivity index (χ3n) is 3.16. The number of carbonyl (C=O) groups excluding carboxylic acids is 1. The molecule has 0 aromatic carbocycles. The van der Waals surface area contributed by atoms with E-state index in [-0.39, 0.29) is 11.9 Å². The van der Waals surface area contributed by atoms with Gasteiger partial charge in [0, 0.05) is 25.2 Å². The van der Waals surface area contributed by atoms with Gasteiger partial charge >= 0.3 is 0 Å². The Labute approximate surface area is 117 Å². The molecule has 0 aliphatic carbocycles. The molecule has 19 heavy (non-hydrogen) atoms. The zero-order valence-electron chi connectivity index (χ0n) is 11.1. The van der Waals surface area contributed by atoms with Crippen LogP contribution in [0.4, 0.5) is 0 Å². The fourth-order valence-electron chi connectivity index (χ4n) is 1.90. The molecule has 5 nitrogen and oxygen atoms in total. The SMILES string of the molecule is CCC(C)NC(=O)CCn1c(=S)[nH]c2cnccc21. The maximum absolute atomic E-state index is 11.8. The summed E-state index contributed by atoms with van der Waals surface area (Å²) >= 11 is 5.26. The van der Waals surface area contributed by atoms with Gasteiger partial charge in [-0.3, -0.25) is 9.78 Å². The number of aryl methyl sites for hydroxylation is 1. The molecule has 1 atom stereocenters. The van der Waals surface area contributed by atoms with Crippen molar-refractivity contribution in [3.63, 3.8) is 0 Å². The largest absolute Gasteiger partial charge is 0.354 e. The third kappa shape index (κ3) is 3.20. The highest BCUT2D eigenvalue weighted by molar-refractivity contribution is 7.71. The minimum atomic E-state index is 0.0552. The topological polar surface area (TPSA) is 62.7 Å². The van der Waals surface area contributed by atoms with Gasteiger partial charge < -0.3 is 14.9 Å². The number of hydrogen-bond acceptors (Lipinski definition) is 3. The fourth-order valence-corrected chi connectivity index (χ4v) is 2.19. The number of carbonyl (C=O) groups is 1. The summed E-state index contributed by atoms with van der Waals surface area (Å²) < 4.78 is 2.56. The first-order valence-electron chi connectivity index (χ1n) is 6.43. The number of H-pyrrole nitrogens is 1. The van der Waals surface area contributed by atoms with E-state index in [0.29, 0.717) is 17.7 Å². The lowest BCUT2D eigenvalue weighted by Crippen LogP contribution is -2.32. The van der Waals surface area contributed by atoms with E-state index in [9.17, 15) is 4.79 Å². The van der Waals surface area contributed by atoms with Crippen molar-refractivity contribution in [3.05, 3.63) is 23.2 Å². The van der Waals surface area contributed by atoms with Gasteiger partial charge in [-0.1, -0.05) is 6.92 Å². The summed E-state index contributed by atoms with van der Waals surface area (Å²) in [6, 6.07) is 2.11. The summed E-state index contributed by atoms with van der Waals surface area (Å²) in [5, 5.41) is 2.95. The van der Waals surface area contributed by atoms with E-state index in [1.54, 1.807) is 12.4 Å². The zero-order valence-corrected chi connectivity index (χ0v) is 12.0. The summed E-state index contributed by atoms with van der Waals surface area (Å²) in [7, 11) is 0. The van der Waals surface area contributed by atoms with Crippen LogP contribution < -0.4 is 5.32 Å². The Morgan fingerprint density at radius 3 is 3.16 bits per heavy atom. The highest BCUT2D eigenvalue weighted by Gasteiger charge is 2.08. The molecular weight excluding hydrogens is 260 g/mol. The first kappa shape index (κ1) is 13.7. The molecule has 2 aromatic rings. The van der Waals surface area contributed by atoms with Crippen LogP contribution in [0, 0.1) is 4.77 Å². The normalized spacial score (nSPS) is 12.5. The van der Waals surface area contributed by atoms with Crippen LogP contribution in [0.15, 0.2) is 18.5 Å². The van der Waals surface area contributed by atoms with Crippen LogP contribution >= 0.6 is 12.2 Å². The van der Waals surface area contributed by atoms with Crippen LogP contribution in [-0.2, 0) is 11.3 Å². The number of rotatable bonds is 5. The van der Waals surface area contributed by atoms with E-state index < -0.39 is 0 Å². The Kier molecular flexibility index (Phi) is 4.31. The van der Waals surface area contributed by atoms with Crippen molar-refractivity contribution in [1.29, 1.82) is 0 Å². The highest BCUT2D eigenvalue weighted by atomic mass is 32.1. The van der Waals surface area contributed by atoms with Gasteiger partial charge in [-0.2, -0.15) is 0 Å². The molecule has 2 heterocycles. The average molecular weight is 278 g/mol. The summed E-state index contributed by atoms with van der Waals surface area (Å²) in [4.78, 5) is 18.9. The van der Waals surface area contributed by atoms with Crippen molar-refractivity contribution in [2.24, 2.45) is 0 Å². The van der Waals surface area contributed by atoms with E-state index in [1.165, 1.54) is 0 Å². The summed E-state index contributed by atoms with van der Waals surface area (Å²) in [5.74, 6) is 0.0552. The van der Waals surface area contributed by atoms with E-state index in [0.717, 1.165) is 17.5 Å². The van der Waals surface area contributed by atoms with E-state index >= 15 is 0 Å². The molecule has 0 bridgehead atoms. The fraction of sp³-hybridized carbons (Fsp3) is 0.462. The Balaban J connectivity index is 2.08. The van der Waals surface area contributed by atoms with Gasteiger partial charge in [0.1, 0.15) is 0 Å². The van der Waals surface area contributed by atoms with Gasteiger partial charge in [-0.15, -0.1) is 0 Å². The van der Waals surface area contributed by atoms with Gasteiger partial charge in [0.05, 0.1) is 17.2 Å². The summed E-state index contributed by atoms with van der Waals surface area (Å²) in [6.07, 6.45) is 4.82. The van der Waals surface area contributed by atoms with Gasteiger partial charge in [0.2, 0.25) is 5.91 Å². The number of nitrogens with zero attached hydrogens (tertiary/aromatic N) is 2. The second-order valence-corrected chi connectivity index (χ2v) is 4.99. The first-order valence-corrected chi connectivity index (χ1v) is 6.84. The molecule has 1 amide bonds. The Hall–Kier alpha value is -1.69. The van der Waals surface area contributed by atoms with Gasteiger partial charge in [0.15, 0.2) is 4.77 Å². The molecule has 6 heteroatoms. The molecule has 0 spiro atoms. The molecule has 0 fully saturated rings. The van der Waals surface area contributed by atoms with Gasteiger partial charge in [-0.25, -0.2) is 0 Å². The maximum atomic E-state index is 11.8. The lowest BCUT2D eigenvalue weighted by molar-refractivity contribution is -0.121. The van der Waals surface area contributed by atoms with Crippen LogP contribution in [0.5, 0.6) is 0 Å². The number of aromatic amines is 1.